The Morgan fingerprint density at radius 1 is 1.17 bits per heavy atom. The fourth-order valence-electron chi connectivity index (χ4n) is 2.55. The first-order valence-electron chi connectivity index (χ1n) is 6.17. The molecule has 1 N–H and O–H groups in total. The molecule has 2 aromatic rings. The summed E-state index contributed by atoms with van der Waals surface area (Å²) in [6.07, 6.45) is 0. The number of rotatable bonds is 3. The molecule has 2 heterocycles. The zero-order valence-electron chi connectivity index (χ0n) is 10.7. The molecular formula is C15H17NOS. The van der Waals surface area contributed by atoms with Crippen LogP contribution in [0.2, 0.25) is 0 Å². The largest absolute Gasteiger partial charge is 0.388 e. The van der Waals surface area contributed by atoms with Crippen LogP contribution in [-0.2, 0) is 10.2 Å². The van der Waals surface area contributed by atoms with E-state index in [1.807, 2.05) is 18.4 Å². The number of aryl methyl sites for hydroxylation is 1. The van der Waals surface area contributed by atoms with E-state index in [4.69, 9.17) is 4.74 Å². The van der Waals surface area contributed by atoms with E-state index in [2.05, 4.69) is 48.0 Å². The Balaban J connectivity index is 2.03. The lowest BCUT2D eigenvalue weighted by Gasteiger charge is -2.42. The minimum atomic E-state index is 0.0878. The molecule has 1 aromatic heterocycles. The van der Waals surface area contributed by atoms with E-state index in [0.29, 0.717) is 0 Å². The van der Waals surface area contributed by atoms with Crippen molar-refractivity contribution in [2.24, 2.45) is 0 Å². The number of nitrogens with one attached hydrogen (secondary N) is 1. The molecule has 2 nitrogen and oxygen atoms in total. The van der Waals surface area contributed by atoms with Crippen LogP contribution in [0.3, 0.4) is 0 Å². The van der Waals surface area contributed by atoms with Gasteiger partial charge in [-0.15, -0.1) is 11.3 Å². The van der Waals surface area contributed by atoms with Crippen LogP contribution in [0, 0.1) is 6.92 Å². The van der Waals surface area contributed by atoms with Gasteiger partial charge in [0.1, 0.15) is 0 Å². The molecule has 3 heteroatoms. The molecule has 1 aromatic carbocycles. The Bertz CT molecular complexity index is 540. The highest BCUT2D eigenvalue weighted by Gasteiger charge is 2.43. The molecule has 1 fully saturated rings. The number of hydrogen-bond acceptors (Lipinski definition) is 3. The van der Waals surface area contributed by atoms with Crippen LogP contribution >= 0.6 is 11.3 Å². The Morgan fingerprint density at radius 2 is 1.89 bits per heavy atom. The van der Waals surface area contributed by atoms with Gasteiger partial charge in [-0.2, -0.15) is 0 Å². The summed E-state index contributed by atoms with van der Waals surface area (Å²) in [6, 6.07) is 10.9. The average Bonchev–Trinajstić information content (AvgIpc) is 2.76. The monoisotopic (exact) mass is 259 g/mol. The van der Waals surface area contributed by atoms with E-state index in [-0.39, 0.29) is 5.41 Å². The molecule has 18 heavy (non-hydrogen) atoms. The van der Waals surface area contributed by atoms with Crippen LogP contribution in [0.4, 0.5) is 5.69 Å². The fourth-order valence-corrected chi connectivity index (χ4v) is 3.68. The standard InChI is InChI=1S/C15H17NOS/c1-11-7-8-18-14(11)15(9-17-10-15)12-3-5-13(16-2)6-4-12/h3-8,16H,9-10H2,1-2H3. The van der Waals surface area contributed by atoms with Crippen molar-refractivity contribution >= 4 is 17.0 Å². The second-order valence-electron chi connectivity index (χ2n) is 4.83. The molecule has 0 amide bonds. The normalized spacial score (nSPS) is 17.2. The minimum Gasteiger partial charge on any atom is -0.388 e. The van der Waals surface area contributed by atoms with Crippen LogP contribution in [0.15, 0.2) is 35.7 Å². The topological polar surface area (TPSA) is 21.3 Å². The number of thiophene rings is 1. The van der Waals surface area contributed by atoms with Gasteiger partial charge in [-0.05, 0) is 41.6 Å². The van der Waals surface area contributed by atoms with Gasteiger partial charge in [-0.3, -0.25) is 0 Å². The maximum atomic E-state index is 5.52. The number of hydrogen-bond donors (Lipinski definition) is 1. The molecule has 0 aliphatic carbocycles. The van der Waals surface area contributed by atoms with Gasteiger partial charge in [0.05, 0.1) is 18.6 Å². The zero-order chi connectivity index (χ0) is 12.6. The van der Waals surface area contributed by atoms with Gasteiger partial charge in [-0.25, -0.2) is 0 Å². The third-order valence-electron chi connectivity index (χ3n) is 3.72. The smallest absolute Gasteiger partial charge is 0.0765 e. The molecule has 0 atom stereocenters. The van der Waals surface area contributed by atoms with Crippen molar-refractivity contribution in [3.05, 3.63) is 51.7 Å². The van der Waals surface area contributed by atoms with Crippen LogP contribution < -0.4 is 5.32 Å². The Kier molecular flexibility index (Phi) is 2.88. The van der Waals surface area contributed by atoms with Crippen molar-refractivity contribution in [3.63, 3.8) is 0 Å². The van der Waals surface area contributed by atoms with Crippen molar-refractivity contribution < 1.29 is 4.74 Å². The predicted octanol–water partition coefficient (Wildman–Crippen LogP) is 3.41. The van der Waals surface area contributed by atoms with Crippen LogP contribution in [-0.4, -0.2) is 20.3 Å². The maximum absolute atomic E-state index is 5.52. The molecule has 0 saturated carbocycles. The third kappa shape index (κ3) is 1.66. The SMILES string of the molecule is CNc1ccc(C2(c3sccc3C)COC2)cc1. The fraction of sp³-hybridized carbons (Fsp3) is 0.333. The van der Waals surface area contributed by atoms with Gasteiger partial charge in [0.15, 0.2) is 0 Å². The second-order valence-corrected chi connectivity index (χ2v) is 5.75. The number of anilines is 1. The minimum absolute atomic E-state index is 0.0878. The molecule has 94 valence electrons. The summed E-state index contributed by atoms with van der Waals surface area (Å²) in [5.74, 6) is 0. The van der Waals surface area contributed by atoms with Crippen LogP contribution in [0.1, 0.15) is 16.0 Å². The highest BCUT2D eigenvalue weighted by Crippen LogP contribution is 2.43. The van der Waals surface area contributed by atoms with Crippen LogP contribution in [0.25, 0.3) is 0 Å². The first-order valence-corrected chi connectivity index (χ1v) is 7.05. The van der Waals surface area contributed by atoms with Crippen LogP contribution in [0.5, 0.6) is 0 Å². The highest BCUT2D eigenvalue weighted by atomic mass is 32.1. The van der Waals surface area contributed by atoms with Gasteiger partial charge in [0.2, 0.25) is 0 Å². The van der Waals surface area contributed by atoms with E-state index in [1.165, 1.54) is 16.0 Å². The zero-order valence-corrected chi connectivity index (χ0v) is 11.5. The number of ether oxygens (including phenoxy) is 1. The summed E-state index contributed by atoms with van der Waals surface area (Å²) >= 11 is 1.84. The molecule has 0 bridgehead atoms. The summed E-state index contributed by atoms with van der Waals surface area (Å²) in [5, 5.41) is 5.33. The van der Waals surface area contributed by atoms with Gasteiger partial charge in [0.25, 0.3) is 0 Å². The quantitative estimate of drug-likeness (QED) is 0.912. The molecule has 3 rings (SSSR count). The first-order chi connectivity index (χ1) is 8.76. The molecule has 0 unspecified atom stereocenters. The lowest BCUT2D eigenvalue weighted by atomic mass is 9.76. The van der Waals surface area contributed by atoms with Gasteiger partial charge in [0, 0.05) is 17.6 Å². The van der Waals surface area contributed by atoms with Crippen molar-refractivity contribution in [2.45, 2.75) is 12.3 Å². The lowest BCUT2D eigenvalue weighted by Crippen LogP contribution is -2.47. The Hall–Kier alpha value is -1.32. The Labute approximate surface area is 112 Å². The molecule has 0 spiro atoms. The summed E-state index contributed by atoms with van der Waals surface area (Å²) in [6.45, 7) is 3.79. The Morgan fingerprint density at radius 3 is 2.33 bits per heavy atom. The van der Waals surface area contributed by atoms with E-state index < -0.39 is 0 Å². The average molecular weight is 259 g/mol. The maximum Gasteiger partial charge on any atom is 0.0765 e. The molecule has 1 saturated heterocycles. The van der Waals surface area contributed by atoms with Crippen molar-refractivity contribution in [2.75, 3.05) is 25.6 Å². The molecule has 0 radical (unpaired) electrons. The third-order valence-corrected chi connectivity index (χ3v) is 4.94. The van der Waals surface area contributed by atoms with Crippen molar-refractivity contribution in [3.8, 4) is 0 Å². The van der Waals surface area contributed by atoms with E-state index in [9.17, 15) is 0 Å². The van der Waals surface area contributed by atoms with Crippen molar-refractivity contribution in [1.29, 1.82) is 0 Å². The molecule has 1 aliphatic heterocycles. The van der Waals surface area contributed by atoms with Crippen molar-refractivity contribution in [1.82, 2.24) is 0 Å². The molecule has 1 aliphatic rings. The predicted molar refractivity (Wildman–Crippen MR) is 76.6 cm³/mol. The molecular weight excluding hydrogens is 242 g/mol. The summed E-state index contributed by atoms with van der Waals surface area (Å²) in [5.41, 5.74) is 3.97. The highest BCUT2D eigenvalue weighted by molar-refractivity contribution is 7.10. The lowest BCUT2D eigenvalue weighted by molar-refractivity contribution is -0.0364. The second kappa shape index (κ2) is 4.41. The van der Waals surface area contributed by atoms with Gasteiger partial charge in [-0.1, -0.05) is 12.1 Å². The summed E-state index contributed by atoms with van der Waals surface area (Å²) < 4.78 is 5.52. The first kappa shape index (κ1) is 11.8. The van der Waals surface area contributed by atoms with Gasteiger partial charge < -0.3 is 10.1 Å². The van der Waals surface area contributed by atoms with E-state index in [1.54, 1.807) is 0 Å². The van der Waals surface area contributed by atoms with Gasteiger partial charge >= 0.3 is 0 Å². The summed E-state index contributed by atoms with van der Waals surface area (Å²) in [7, 11) is 1.95. The summed E-state index contributed by atoms with van der Waals surface area (Å²) in [4.78, 5) is 1.45. The van der Waals surface area contributed by atoms with E-state index >= 15 is 0 Å². The number of benzene rings is 1. The van der Waals surface area contributed by atoms with E-state index in [0.717, 1.165) is 18.9 Å².